The van der Waals surface area contributed by atoms with E-state index in [1.807, 2.05) is 41.5 Å². The van der Waals surface area contributed by atoms with Crippen molar-refractivity contribution >= 4 is 0 Å². The van der Waals surface area contributed by atoms with Gasteiger partial charge in [-0.2, -0.15) is 5.06 Å². The van der Waals surface area contributed by atoms with Crippen molar-refractivity contribution in [3.8, 4) is 0 Å². The minimum Gasteiger partial charge on any atom is -0.302 e. The standard InChI is InChI=1S/C19H16.C15H17NO/c1-4-10-16(11-5-1)19(17-12-6-2-7-13-17)18-14-8-3-9-15-18;1-17-16(12-14-8-4-2-5-9-14)13-15-10-6-3-7-11-15/h1-15,19H;2-11H,12-13H2,1H3. The first kappa shape index (κ1) is 25.1. The molecule has 0 bridgehead atoms. The average Bonchev–Trinajstić information content (AvgIpc) is 2.96. The number of hydrogen-bond donors (Lipinski definition) is 0. The third-order valence-electron chi connectivity index (χ3n) is 6.06. The van der Waals surface area contributed by atoms with Gasteiger partial charge in [-0.05, 0) is 27.8 Å². The molecule has 0 saturated carbocycles. The predicted octanol–water partition coefficient (Wildman–Crippen LogP) is 8.12. The van der Waals surface area contributed by atoms with Crippen LogP contribution < -0.4 is 0 Å². The lowest BCUT2D eigenvalue weighted by Crippen LogP contribution is -2.21. The fourth-order valence-electron chi connectivity index (χ4n) is 4.27. The SMILES string of the molecule is CON(Cc1ccccc1)Cc1ccccc1.c1ccc(C(c2ccccc2)c2ccccc2)cc1. The maximum absolute atomic E-state index is 5.39. The molecule has 5 aromatic carbocycles. The van der Waals surface area contributed by atoms with Crippen molar-refractivity contribution in [2.75, 3.05) is 7.11 Å². The lowest BCUT2D eigenvalue weighted by atomic mass is 9.85. The van der Waals surface area contributed by atoms with Gasteiger partial charge >= 0.3 is 0 Å². The Morgan fingerprint density at radius 3 is 1.00 bits per heavy atom. The molecule has 2 heteroatoms. The molecular formula is C34H33NO. The number of hydroxylamine groups is 2. The van der Waals surface area contributed by atoms with Gasteiger partial charge in [-0.15, -0.1) is 0 Å². The van der Waals surface area contributed by atoms with Crippen LogP contribution in [0.25, 0.3) is 0 Å². The molecule has 0 atom stereocenters. The summed E-state index contributed by atoms with van der Waals surface area (Å²) in [5, 5.41) is 1.95. The summed E-state index contributed by atoms with van der Waals surface area (Å²) in [7, 11) is 1.71. The Morgan fingerprint density at radius 1 is 0.444 bits per heavy atom. The molecule has 0 radical (unpaired) electrons. The zero-order valence-electron chi connectivity index (χ0n) is 20.8. The Morgan fingerprint density at radius 2 is 0.722 bits per heavy atom. The molecule has 0 N–H and O–H groups in total. The first-order valence-electron chi connectivity index (χ1n) is 12.3. The largest absolute Gasteiger partial charge is 0.302 e. The molecule has 5 rings (SSSR count). The van der Waals surface area contributed by atoms with Gasteiger partial charge in [0.25, 0.3) is 0 Å². The van der Waals surface area contributed by atoms with Crippen molar-refractivity contribution < 1.29 is 4.84 Å². The van der Waals surface area contributed by atoms with Gasteiger partial charge in [0.1, 0.15) is 0 Å². The maximum atomic E-state index is 5.39. The van der Waals surface area contributed by atoms with Crippen LogP contribution in [0.2, 0.25) is 0 Å². The Bertz CT molecular complexity index is 1110. The van der Waals surface area contributed by atoms with E-state index >= 15 is 0 Å². The summed E-state index contributed by atoms with van der Waals surface area (Å²) >= 11 is 0. The molecule has 0 amide bonds. The smallest absolute Gasteiger partial charge is 0.0575 e. The Hall–Kier alpha value is -3.98. The van der Waals surface area contributed by atoms with Crippen LogP contribution in [-0.4, -0.2) is 12.2 Å². The van der Waals surface area contributed by atoms with E-state index in [1.165, 1.54) is 27.8 Å². The van der Waals surface area contributed by atoms with Crippen molar-refractivity contribution in [1.82, 2.24) is 5.06 Å². The molecule has 0 fully saturated rings. The van der Waals surface area contributed by atoms with Gasteiger partial charge in [-0.25, -0.2) is 0 Å². The van der Waals surface area contributed by atoms with E-state index in [9.17, 15) is 0 Å². The van der Waals surface area contributed by atoms with E-state index in [2.05, 4.69) is 115 Å². The molecule has 0 aliphatic carbocycles. The van der Waals surface area contributed by atoms with Gasteiger partial charge < -0.3 is 4.84 Å². The number of rotatable bonds is 8. The molecular weight excluding hydrogens is 438 g/mol. The van der Waals surface area contributed by atoms with Crippen LogP contribution in [0.15, 0.2) is 152 Å². The van der Waals surface area contributed by atoms with Gasteiger partial charge in [-0.3, -0.25) is 0 Å². The quantitative estimate of drug-likeness (QED) is 0.167. The zero-order valence-corrected chi connectivity index (χ0v) is 20.8. The number of nitrogens with zero attached hydrogens (tertiary/aromatic N) is 1. The first-order valence-corrected chi connectivity index (χ1v) is 12.3. The van der Waals surface area contributed by atoms with E-state index in [1.54, 1.807) is 7.11 Å². The van der Waals surface area contributed by atoms with Crippen molar-refractivity contribution in [2.45, 2.75) is 19.0 Å². The summed E-state index contributed by atoms with van der Waals surface area (Å²) in [6, 6.07) is 52.7. The molecule has 0 unspecified atom stereocenters. The van der Waals surface area contributed by atoms with E-state index in [0.29, 0.717) is 5.92 Å². The van der Waals surface area contributed by atoms with Crippen molar-refractivity contribution in [3.63, 3.8) is 0 Å². The molecule has 36 heavy (non-hydrogen) atoms. The summed E-state index contributed by atoms with van der Waals surface area (Å²) in [6.07, 6.45) is 0. The summed E-state index contributed by atoms with van der Waals surface area (Å²) in [5.41, 5.74) is 6.51. The molecule has 0 saturated heterocycles. The van der Waals surface area contributed by atoms with Gasteiger partial charge in [-0.1, -0.05) is 152 Å². The number of benzene rings is 5. The fraction of sp³-hybridized carbons (Fsp3) is 0.118. The molecule has 0 aliphatic rings. The van der Waals surface area contributed by atoms with Gasteiger partial charge in [0, 0.05) is 19.0 Å². The Kier molecular flexibility index (Phi) is 9.63. The summed E-state index contributed by atoms with van der Waals surface area (Å²) in [5.74, 6) is 0.309. The second-order valence-corrected chi connectivity index (χ2v) is 8.62. The van der Waals surface area contributed by atoms with E-state index < -0.39 is 0 Å². The summed E-state index contributed by atoms with van der Waals surface area (Å²) < 4.78 is 0. The van der Waals surface area contributed by atoms with Crippen molar-refractivity contribution in [3.05, 3.63) is 179 Å². The summed E-state index contributed by atoms with van der Waals surface area (Å²) in [4.78, 5) is 5.39. The maximum Gasteiger partial charge on any atom is 0.0575 e. The third-order valence-corrected chi connectivity index (χ3v) is 6.06. The van der Waals surface area contributed by atoms with E-state index in [0.717, 1.165) is 13.1 Å². The van der Waals surface area contributed by atoms with Crippen LogP contribution in [0.4, 0.5) is 0 Å². The lowest BCUT2D eigenvalue weighted by Gasteiger charge is -2.19. The second kappa shape index (κ2) is 13.8. The van der Waals surface area contributed by atoms with Crippen LogP contribution in [0, 0.1) is 0 Å². The first-order chi connectivity index (χ1) is 17.8. The molecule has 0 heterocycles. The summed E-state index contributed by atoms with van der Waals surface area (Å²) in [6.45, 7) is 1.60. The highest BCUT2D eigenvalue weighted by Crippen LogP contribution is 2.31. The van der Waals surface area contributed by atoms with E-state index in [4.69, 9.17) is 4.84 Å². The van der Waals surface area contributed by atoms with Crippen LogP contribution in [0.5, 0.6) is 0 Å². The lowest BCUT2D eigenvalue weighted by molar-refractivity contribution is -0.146. The molecule has 0 spiro atoms. The highest BCUT2D eigenvalue weighted by atomic mass is 16.7. The van der Waals surface area contributed by atoms with Gasteiger partial charge in [0.2, 0.25) is 0 Å². The van der Waals surface area contributed by atoms with Crippen molar-refractivity contribution in [1.29, 1.82) is 0 Å². The molecule has 180 valence electrons. The molecule has 0 aromatic heterocycles. The highest BCUT2D eigenvalue weighted by molar-refractivity contribution is 5.42. The van der Waals surface area contributed by atoms with Crippen LogP contribution in [-0.2, 0) is 17.9 Å². The topological polar surface area (TPSA) is 12.5 Å². The predicted molar refractivity (Wildman–Crippen MR) is 149 cm³/mol. The minimum absolute atomic E-state index is 0.309. The Labute approximate surface area is 215 Å². The van der Waals surface area contributed by atoms with Gasteiger partial charge in [0.15, 0.2) is 0 Å². The normalized spacial score (nSPS) is 10.6. The van der Waals surface area contributed by atoms with Crippen LogP contribution >= 0.6 is 0 Å². The highest BCUT2D eigenvalue weighted by Gasteiger charge is 2.15. The second-order valence-electron chi connectivity index (χ2n) is 8.62. The third kappa shape index (κ3) is 7.51. The molecule has 2 nitrogen and oxygen atoms in total. The molecule has 0 aliphatic heterocycles. The van der Waals surface area contributed by atoms with Crippen LogP contribution in [0.1, 0.15) is 33.7 Å². The Balaban J connectivity index is 0.000000170. The van der Waals surface area contributed by atoms with Gasteiger partial charge in [0.05, 0.1) is 7.11 Å². The number of hydrogen-bond acceptors (Lipinski definition) is 2. The minimum atomic E-state index is 0.309. The van der Waals surface area contributed by atoms with Crippen molar-refractivity contribution in [2.24, 2.45) is 0 Å². The van der Waals surface area contributed by atoms with E-state index in [-0.39, 0.29) is 0 Å². The molecule has 5 aromatic rings. The van der Waals surface area contributed by atoms with Crippen LogP contribution in [0.3, 0.4) is 0 Å². The monoisotopic (exact) mass is 471 g/mol. The zero-order chi connectivity index (χ0) is 24.8. The average molecular weight is 472 g/mol. The fourth-order valence-corrected chi connectivity index (χ4v) is 4.27.